The molecule has 2 N–H and O–H groups in total. The van der Waals surface area contributed by atoms with Gasteiger partial charge in [0.05, 0.1) is 0 Å². The number of hydrogen-bond donors (Lipinski definition) is 2. The van der Waals surface area contributed by atoms with E-state index >= 15 is 0 Å². The highest BCUT2D eigenvalue weighted by atomic mass is 32.2. The van der Waals surface area contributed by atoms with Gasteiger partial charge in [0.1, 0.15) is 10.5 Å². The van der Waals surface area contributed by atoms with Crippen LogP contribution in [-0.2, 0) is 20.2 Å². The van der Waals surface area contributed by atoms with E-state index in [2.05, 4.69) is 0 Å². The van der Waals surface area contributed by atoms with Crippen LogP contribution in [0.3, 0.4) is 0 Å². The molecule has 2 unspecified atom stereocenters. The summed E-state index contributed by atoms with van der Waals surface area (Å²) in [5, 5.41) is -3.53. The van der Waals surface area contributed by atoms with Crippen molar-refractivity contribution in [2.75, 3.05) is 0 Å². The molecule has 0 aliphatic heterocycles. The Balaban J connectivity index is 5.05. The third-order valence-corrected chi connectivity index (χ3v) is 3.61. The van der Waals surface area contributed by atoms with Crippen molar-refractivity contribution in [1.82, 2.24) is 0 Å². The summed E-state index contributed by atoms with van der Waals surface area (Å²) < 4.78 is 59.6. The molecule has 0 aromatic heterocycles. The fourth-order valence-electron chi connectivity index (χ4n) is 0.746. The lowest BCUT2D eigenvalue weighted by atomic mass is 10.2. The Hall–Kier alpha value is -1.06. The van der Waals surface area contributed by atoms with Crippen molar-refractivity contribution in [3.63, 3.8) is 0 Å². The lowest BCUT2D eigenvalue weighted by Gasteiger charge is -2.10. The average molecular weight is 252 g/mol. The summed E-state index contributed by atoms with van der Waals surface area (Å²) in [6, 6.07) is 0. The summed E-state index contributed by atoms with van der Waals surface area (Å²) in [6.45, 7) is 0. The van der Waals surface area contributed by atoms with Gasteiger partial charge in [0, 0.05) is 6.42 Å². The first-order chi connectivity index (χ1) is 6.62. The Morgan fingerprint density at radius 2 is 1.20 bits per heavy atom. The van der Waals surface area contributed by atoms with Crippen LogP contribution in [0.15, 0.2) is 0 Å². The highest BCUT2D eigenvalue weighted by molar-refractivity contribution is 7.87. The summed E-state index contributed by atoms with van der Waals surface area (Å²) in [5.41, 5.74) is 0. The molecule has 0 heterocycles. The topological polar surface area (TPSA) is 109 Å². The molecule has 0 fully saturated rings. The lowest BCUT2D eigenvalue weighted by Crippen LogP contribution is -2.28. The van der Waals surface area contributed by atoms with Gasteiger partial charge in [0.2, 0.25) is 0 Å². The van der Waals surface area contributed by atoms with Gasteiger partial charge in [-0.2, -0.15) is 16.8 Å². The van der Waals surface area contributed by atoms with E-state index in [-0.39, 0.29) is 0 Å². The maximum atomic E-state index is 10.6. The predicted octanol–water partition coefficient (Wildman–Crippen LogP) is -0.844. The van der Waals surface area contributed by atoms with Crippen LogP contribution < -0.4 is 0 Å². The van der Waals surface area contributed by atoms with Gasteiger partial charge in [-0.05, 0) is 0 Å². The number of terminal acetylenes is 2. The van der Waals surface area contributed by atoms with E-state index in [4.69, 9.17) is 22.0 Å². The maximum Gasteiger partial charge on any atom is 0.279 e. The fraction of sp³-hybridized carbons (Fsp3) is 0.429. The highest BCUT2D eigenvalue weighted by Crippen LogP contribution is 2.11. The van der Waals surface area contributed by atoms with Crippen LogP contribution in [-0.4, -0.2) is 36.4 Å². The summed E-state index contributed by atoms with van der Waals surface area (Å²) in [5.74, 6) is 3.34. The average Bonchev–Trinajstić information content (AvgIpc) is 2.01. The monoisotopic (exact) mass is 252 g/mol. The van der Waals surface area contributed by atoms with Crippen molar-refractivity contribution < 1.29 is 25.9 Å². The fourth-order valence-corrected chi connectivity index (χ4v) is 2.08. The Labute approximate surface area is 88.2 Å². The van der Waals surface area contributed by atoms with Crippen LogP contribution in [0.25, 0.3) is 0 Å². The Kier molecular flexibility index (Phi) is 4.31. The van der Waals surface area contributed by atoms with E-state index in [1.165, 1.54) is 0 Å². The summed E-state index contributed by atoms with van der Waals surface area (Å²) >= 11 is 0. The Morgan fingerprint density at radius 1 is 0.933 bits per heavy atom. The van der Waals surface area contributed by atoms with Crippen molar-refractivity contribution in [3.05, 3.63) is 0 Å². The van der Waals surface area contributed by atoms with Gasteiger partial charge in [-0.1, -0.05) is 11.8 Å². The van der Waals surface area contributed by atoms with Gasteiger partial charge < -0.3 is 0 Å². The molecule has 0 radical (unpaired) electrons. The zero-order chi connectivity index (χ0) is 12.3. The summed E-state index contributed by atoms with van der Waals surface area (Å²) in [4.78, 5) is 0. The summed E-state index contributed by atoms with van der Waals surface area (Å²) in [7, 11) is -9.18. The van der Waals surface area contributed by atoms with E-state index < -0.39 is 37.2 Å². The maximum absolute atomic E-state index is 10.6. The first kappa shape index (κ1) is 13.9. The molecule has 6 nitrogen and oxygen atoms in total. The molecule has 0 aromatic carbocycles. The number of hydrogen-bond acceptors (Lipinski definition) is 4. The Bertz CT molecular complexity index is 453. The molecule has 2 atom stereocenters. The molecule has 15 heavy (non-hydrogen) atoms. The smallest absolute Gasteiger partial charge is 0.279 e. The molecule has 0 amide bonds. The van der Waals surface area contributed by atoms with Crippen LogP contribution in [0.4, 0.5) is 0 Å². The quantitative estimate of drug-likeness (QED) is 0.498. The van der Waals surface area contributed by atoms with Crippen LogP contribution in [0.5, 0.6) is 0 Å². The molecular formula is C7H8O6S2. The predicted molar refractivity (Wildman–Crippen MR) is 53.0 cm³/mol. The molecule has 0 aliphatic rings. The first-order valence-corrected chi connectivity index (χ1v) is 6.48. The lowest BCUT2D eigenvalue weighted by molar-refractivity contribution is 0.464. The van der Waals surface area contributed by atoms with Crippen LogP contribution in [0.2, 0.25) is 0 Å². The second-order valence-corrected chi connectivity index (χ2v) is 5.77. The van der Waals surface area contributed by atoms with E-state index in [9.17, 15) is 16.8 Å². The van der Waals surface area contributed by atoms with Crippen molar-refractivity contribution in [1.29, 1.82) is 0 Å². The minimum Gasteiger partial charge on any atom is -0.285 e. The standard InChI is InChI=1S/C7H8O6S2/c1-3-6(14(8,9)10)5-7(4-2)15(11,12)13/h1-2,6-7H,5H2,(H,8,9,10)(H,11,12,13). The molecular weight excluding hydrogens is 244 g/mol. The third-order valence-electron chi connectivity index (χ3n) is 1.52. The van der Waals surface area contributed by atoms with E-state index in [1.54, 1.807) is 11.8 Å². The Morgan fingerprint density at radius 3 is 1.33 bits per heavy atom. The van der Waals surface area contributed by atoms with Crippen LogP contribution in [0.1, 0.15) is 6.42 Å². The van der Waals surface area contributed by atoms with Gasteiger partial charge in [0.25, 0.3) is 20.2 Å². The van der Waals surface area contributed by atoms with Gasteiger partial charge in [0.15, 0.2) is 0 Å². The van der Waals surface area contributed by atoms with Crippen LogP contribution >= 0.6 is 0 Å². The zero-order valence-electron chi connectivity index (χ0n) is 7.36. The van der Waals surface area contributed by atoms with Crippen molar-refractivity contribution in [2.45, 2.75) is 16.9 Å². The molecule has 8 heteroatoms. The first-order valence-electron chi connectivity index (χ1n) is 3.47. The molecule has 0 saturated heterocycles. The SMILES string of the molecule is C#CC(CC(C#C)S(=O)(=O)O)S(=O)(=O)O. The van der Waals surface area contributed by atoms with E-state index in [1.807, 2.05) is 0 Å². The molecule has 0 spiro atoms. The largest absolute Gasteiger partial charge is 0.285 e. The van der Waals surface area contributed by atoms with E-state index in [0.717, 1.165) is 0 Å². The highest BCUT2D eigenvalue weighted by Gasteiger charge is 2.30. The van der Waals surface area contributed by atoms with Gasteiger partial charge in [-0.25, -0.2) is 0 Å². The molecule has 0 saturated carbocycles. The molecule has 0 aromatic rings. The van der Waals surface area contributed by atoms with Gasteiger partial charge in [-0.3, -0.25) is 9.11 Å². The molecule has 0 aliphatic carbocycles. The van der Waals surface area contributed by atoms with Crippen molar-refractivity contribution in [2.24, 2.45) is 0 Å². The minimum absolute atomic E-state index is 0.759. The second kappa shape index (κ2) is 4.64. The molecule has 0 bridgehead atoms. The zero-order valence-corrected chi connectivity index (χ0v) is 8.99. The van der Waals surface area contributed by atoms with Crippen molar-refractivity contribution >= 4 is 20.2 Å². The van der Waals surface area contributed by atoms with Gasteiger partial charge in [-0.15, -0.1) is 12.8 Å². The minimum atomic E-state index is -4.59. The summed E-state index contributed by atoms with van der Waals surface area (Å²) in [6.07, 6.45) is 8.78. The van der Waals surface area contributed by atoms with Gasteiger partial charge >= 0.3 is 0 Å². The third kappa shape index (κ3) is 4.32. The second-order valence-electron chi connectivity index (χ2n) is 2.58. The molecule has 84 valence electrons. The number of rotatable bonds is 4. The normalized spacial score (nSPS) is 16.0. The molecule has 0 rings (SSSR count). The van der Waals surface area contributed by atoms with Crippen LogP contribution in [0, 0.1) is 24.7 Å². The van der Waals surface area contributed by atoms with Crippen molar-refractivity contribution in [3.8, 4) is 24.7 Å². The van der Waals surface area contributed by atoms with E-state index in [0.29, 0.717) is 0 Å².